The SMILES string of the molecule is CS(=O)(=O)NC1CCCN(S(=O)(=O)N2CCNCC2)C1. The van der Waals surface area contributed by atoms with Gasteiger partial charge in [0.1, 0.15) is 0 Å². The fourth-order valence-corrected chi connectivity index (χ4v) is 5.09. The molecule has 1 unspecified atom stereocenters. The molecule has 2 N–H and O–H groups in total. The predicted molar refractivity (Wildman–Crippen MR) is 75.9 cm³/mol. The van der Waals surface area contributed by atoms with Gasteiger partial charge in [-0.05, 0) is 12.8 Å². The van der Waals surface area contributed by atoms with E-state index in [1.54, 1.807) is 0 Å². The second-order valence-electron chi connectivity index (χ2n) is 5.24. The van der Waals surface area contributed by atoms with E-state index < -0.39 is 20.2 Å². The summed E-state index contributed by atoms with van der Waals surface area (Å²) in [6.07, 6.45) is 2.43. The lowest BCUT2D eigenvalue weighted by molar-refractivity contribution is 0.266. The minimum atomic E-state index is -3.48. The molecule has 0 aromatic heterocycles. The molecule has 20 heavy (non-hydrogen) atoms. The maximum atomic E-state index is 12.5. The molecule has 0 amide bonds. The van der Waals surface area contributed by atoms with Gasteiger partial charge in [-0.25, -0.2) is 13.1 Å². The number of hydrogen-bond acceptors (Lipinski definition) is 5. The second-order valence-corrected chi connectivity index (χ2v) is 8.95. The Kier molecular flexibility index (Phi) is 5.03. The summed E-state index contributed by atoms with van der Waals surface area (Å²) in [5, 5.41) is 3.11. The Balaban J connectivity index is 2.03. The zero-order chi connectivity index (χ0) is 14.8. The van der Waals surface area contributed by atoms with E-state index >= 15 is 0 Å². The molecule has 8 nitrogen and oxygen atoms in total. The number of rotatable bonds is 4. The van der Waals surface area contributed by atoms with Gasteiger partial charge < -0.3 is 5.32 Å². The monoisotopic (exact) mass is 326 g/mol. The number of nitrogens with one attached hydrogen (secondary N) is 2. The molecule has 2 aliphatic rings. The Bertz CT molecular complexity index is 527. The summed E-state index contributed by atoms with van der Waals surface area (Å²) in [6.45, 7) is 2.88. The zero-order valence-corrected chi connectivity index (χ0v) is 13.2. The van der Waals surface area contributed by atoms with Crippen LogP contribution < -0.4 is 10.0 Å². The molecule has 0 saturated carbocycles. The Morgan fingerprint density at radius 1 is 1.05 bits per heavy atom. The predicted octanol–water partition coefficient (Wildman–Crippen LogP) is -1.85. The van der Waals surface area contributed by atoms with E-state index in [9.17, 15) is 16.8 Å². The van der Waals surface area contributed by atoms with Gasteiger partial charge in [-0.1, -0.05) is 0 Å². The zero-order valence-electron chi connectivity index (χ0n) is 11.6. The van der Waals surface area contributed by atoms with Crippen molar-refractivity contribution in [1.82, 2.24) is 18.6 Å². The highest BCUT2D eigenvalue weighted by Crippen LogP contribution is 2.17. The van der Waals surface area contributed by atoms with Gasteiger partial charge in [0.2, 0.25) is 10.0 Å². The minimum absolute atomic E-state index is 0.208. The van der Waals surface area contributed by atoms with E-state index in [1.807, 2.05) is 0 Å². The van der Waals surface area contributed by atoms with Gasteiger partial charge in [0.25, 0.3) is 10.2 Å². The van der Waals surface area contributed by atoms with Crippen LogP contribution >= 0.6 is 0 Å². The number of piperidine rings is 1. The van der Waals surface area contributed by atoms with Crippen LogP contribution in [0.1, 0.15) is 12.8 Å². The fraction of sp³-hybridized carbons (Fsp3) is 1.00. The van der Waals surface area contributed by atoms with E-state index in [0.29, 0.717) is 45.6 Å². The first-order chi connectivity index (χ1) is 9.29. The van der Waals surface area contributed by atoms with E-state index in [4.69, 9.17) is 0 Å². The molecular weight excluding hydrogens is 304 g/mol. The standard InChI is InChI=1S/C10H22N4O4S2/c1-19(15,16)12-10-3-2-6-14(9-10)20(17,18)13-7-4-11-5-8-13/h10-12H,2-9H2,1H3. The third kappa shape index (κ3) is 4.12. The van der Waals surface area contributed by atoms with Crippen molar-refractivity contribution in [3.8, 4) is 0 Å². The Morgan fingerprint density at radius 2 is 1.70 bits per heavy atom. The Hall–Kier alpha value is -0.260. The molecule has 118 valence electrons. The molecule has 0 bridgehead atoms. The fourth-order valence-electron chi connectivity index (χ4n) is 2.59. The van der Waals surface area contributed by atoms with Crippen LogP contribution in [0.5, 0.6) is 0 Å². The highest BCUT2D eigenvalue weighted by molar-refractivity contribution is 7.88. The summed E-state index contributed by atoms with van der Waals surface area (Å²) in [5.41, 5.74) is 0. The van der Waals surface area contributed by atoms with Crippen molar-refractivity contribution in [2.24, 2.45) is 0 Å². The number of hydrogen-bond donors (Lipinski definition) is 2. The van der Waals surface area contributed by atoms with E-state index in [0.717, 1.165) is 6.26 Å². The van der Waals surface area contributed by atoms with Crippen molar-refractivity contribution in [1.29, 1.82) is 0 Å². The first-order valence-electron chi connectivity index (χ1n) is 6.72. The third-order valence-corrected chi connectivity index (χ3v) is 6.26. The van der Waals surface area contributed by atoms with E-state index in [-0.39, 0.29) is 12.6 Å². The highest BCUT2D eigenvalue weighted by Gasteiger charge is 2.34. The maximum Gasteiger partial charge on any atom is 0.282 e. The number of piperazine rings is 1. The Morgan fingerprint density at radius 3 is 2.30 bits per heavy atom. The molecule has 2 saturated heterocycles. The van der Waals surface area contributed by atoms with Gasteiger partial charge in [0, 0.05) is 45.3 Å². The lowest BCUT2D eigenvalue weighted by Gasteiger charge is -2.36. The van der Waals surface area contributed by atoms with Gasteiger partial charge >= 0.3 is 0 Å². The summed E-state index contributed by atoms with van der Waals surface area (Å²) in [6, 6.07) is -0.337. The summed E-state index contributed by atoms with van der Waals surface area (Å²) < 4.78 is 52.9. The van der Waals surface area contributed by atoms with Crippen molar-refractivity contribution < 1.29 is 16.8 Å². The van der Waals surface area contributed by atoms with Crippen LogP contribution in [0.4, 0.5) is 0 Å². The van der Waals surface area contributed by atoms with Crippen LogP contribution in [0.25, 0.3) is 0 Å². The summed E-state index contributed by atoms with van der Waals surface area (Å²) >= 11 is 0. The second kappa shape index (κ2) is 6.24. The van der Waals surface area contributed by atoms with Crippen molar-refractivity contribution in [2.75, 3.05) is 45.5 Å². The minimum Gasteiger partial charge on any atom is -0.314 e. The first-order valence-corrected chi connectivity index (χ1v) is 10.0. The van der Waals surface area contributed by atoms with Crippen molar-refractivity contribution in [3.05, 3.63) is 0 Å². The topological polar surface area (TPSA) is 98.8 Å². The van der Waals surface area contributed by atoms with Crippen LogP contribution in [-0.4, -0.2) is 77.0 Å². The average molecular weight is 326 g/mol. The molecule has 2 fully saturated rings. The molecule has 0 radical (unpaired) electrons. The summed E-state index contributed by atoms with van der Waals surface area (Å²) in [7, 11) is -6.79. The molecule has 0 spiro atoms. The van der Waals surface area contributed by atoms with Crippen LogP contribution in [0.15, 0.2) is 0 Å². The lowest BCUT2D eigenvalue weighted by atomic mass is 10.1. The molecule has 1 atom stereocenters. The molecule has 2 aliphatic heterocycles. The van der Waals surface area contributed by atoms with Gasteiger partial charge in [-0.3, -0.25) is 0 Å². The summed E-state index contributed by atoms with van der Waals surface area (Å²) in [4.78, 5) is 0. The summed E-state index contributed by atoms with van der Waals surface area (Å²) in [5.74, 6) is 0. The highest BCUT2D eigenvalue weighted by atomic mass is 32.2. The van der Waals surface area contributed by atoms with Gasteiger partial charge in [0.15, 0.2) is 0 Å². The Labute approximate surface area is 120 Å². The molecule has 2 heterocycles. The average Bonchev–Trinajstić information content (AvgIpc) is 2.38. The molecular formula is C10H22N4O4S2. The molecule has 10 heteroatoms. The molecule has 0 aromatic rings. The van der Waals surface area contributed by atoms with E-state index in [1.165, 1.54) is 8.61 Å². The van der Waals surface area contributed by atoms with Crippen LogP contribution in [0, 0.1) is 0 Å². The van der Waals surface area contributed by atoms with Crippen LogP contribution in [0.2, 0.25) is 0 Å². The van der Waals surface area contributed by atoms with Gasteiger partial charge in [0.05, 0.1) is 6.26 Å². The maximum absolute atomic E-state index is 12.5. The van der Waals surface area contributed by atoms with Crippen molar-refractivity contribution in [3.63, 3.8) is 0 Å². The largest absolute Gasteiger partial charge is 0.314 e. The number of nitrogens with zero attached hydrogens (tertiary/aromatic N) is 2. The van der Waals surface area contributed by atoms with Gasteiger partial charge in [-0.15, -0.1) is 0 Å². The third-order valence-electron chi connectivity index (χ3n) is 3.49. The molecule has 0 aromatic carbocycles. The lowest BCUT2D eigenvalue weighted by Crippen LogP contribution is -2.56. The number of sulfonamides is 1. The molecule has 0 aliphatic carbocycles. The first kappa shape index (κ1) is 16.1. The van der Waals surface area contributed by atoms with E-state index in [2.05, 4.69) is 10.0 Å². The smallest absolute Gasteiger partial charge is 0.282 e. The van der Waals surface area contributed by atoms with Crippen molar-refractivity contribution >= 4 is 20.2 Å². The quantitative estimate of drug-likeness (QED) is 0.632. The van der Waals surface area contributed by atoms with Crippen molar-refractivity contribution in [2.45, 2.75) is 18.9 Å². The van der Waals surface area contributed by atoms with Crippen LogP contribution in [-0.2, 0) is 20.2 Å². The van der Waals surface area contributed by atoms with Crippen LogP contribution in [0.3, 0.4) is 0 Å². The molecule has 2 rings (SSSR count). The van der Waals surface area contributed by atoms with Gasteiger partial charge in [-0.2, -0.15) is 17.0 Å². The normalized spacial score (nSPS) is 27.6.